The van der Waals surface area contributed by atoms with E-state index in [-0.39, 0.29) is 0 Å². The molecule has 0 bridgehead atoms. The first-order chi connectivity index (χ1) is 7.03. The minimum atomic E-state index is -1.52. The third-order valence-electron chi connectivity index (χ3n) is 2.42. The van der Waals surface area contributed by atoms with Gasteiger partial charge in [0, 0.05) is 5.57 Å². The summed E-state index contributed by atoms with van der Waals surface area (Å²) < 4.78 is 11.7. The summed E-state index contributed by atoms with van der Waals surface area (Å²) in [6.45, 7) is 9.35. The van der Waals surface area contributed by atoms with E-state index < -0.39 is 8.32 Å². The highest BCUT2D eigenvalue weighted by atomic mass is 28.4. The molecular weight excluding hydrogens is 204 g/mol. The number of hydrogen-bond acceptors (Lipinski definition) is 2. The van der Waals surface area contributed by atoms with Gasteiger partial charge in [0.05, 0.1) is 6.61 Å². The predicted molar refractivity (Wildman–Crippen MR) is 66.2 cm³/mol. The number of ether oxygens (including phenoxy) is 1. The summed E-state index contributed by atoms with van der Waals surface area (Å²) >= 11 is 0. The topological polar surface area (TPSA) is 18.5 Å². The SMILES string of the molecule is CCOC(O[Si](C)(C)C)=C1CCCCC1. The number of rotatable bonds is 4. The normalized spacial score (nSPS) is 17.5. The highest BCUT2D eigenvalue weighted by molar-refractivity contribution is 6.70. The molecular formula is C12H24O2Si. The zero-order valence-electron chi connectivity index (χ0n) is 10.6. The van der Waals surface area contributed by atoms with Crippen LogP contribution in [0.4, 0.5) is 0 Å². The third kappa shape index (κ3) is 4.73. The Morgan fingerprint density at radius 1 is 1.13 bits per heavy atom. The zero-order valence-corrected chi connectivity index (χ0v) is 11.6. The van der Waals surface area contributed by atoms with Crippen molar-refractivity contribution in [2.45, 2.75) is 58.7 Å². The van der Waals surface area contributed by atoms with Crippen LogP contribution < -0.4 is 0 Å². The summed E-state index contributed by atoms with van der Waals surface area (Å²) in [7, 11) is -1.52. The van der Waals surface area contributed by atoms with Crippen LogP contribution >= 0.6 is 0 Å². The second-order valence-corrected chi connectivity index (χ2v) is 9.53. The van der Waals surface area contributed by atoms with Gasteiger partial charge in [-0.2, -0.15) is 0 Å². The lowest BCUT2D eigenvalue weighted by Crippen LogP contribution is -2.26. The molecule has 0 N–H and O–H groups in total. The molecule has 0 aromatic carbocycles. The average Bonchev–Trinajstić information content (AvgIpc) is 2.17. The fourth-order valence-electron chi connectivity index (χ4n) is 1.80. The predicted octanol–water partition coefficient (Wildman–Crippen LogP) is 4.05. The van der Waals surface area contributed by atoms with Crippen LogP contribution in [0, 0.1) is 0 Å². The van der Waals surface area contributed by atoms with E-state index in [9.17, 15) is 0 Å². The monoisotopic (exact) mass is 228 g/mol. The Kier molecular flexibility index (Phi) is 4.70. The van der Waals surface area contributed by atoms with Gasteiger partial charge in [-0.15, -0.1) is 0 Å². The molecule has 0 aliphatic heterocycles. The van der Waals surface area contributed by atoms with Gasteiger partial charge in [-0.25, -0.2) is 0 Å². The van der Waals surface area contributed by atoms with Crippen LogP contribution in [0.2, 0.25) is 19.6 Å². The second-order valence-electron chi connectivity index (χ2n) is 5.10. The van der Waals surface area contributed by atoms with Crippen LogP contribution in [0.5, 0.6) is 0 Å². The van der Waals surface area contributed by atoms with E-state index in [1.54, 1.807) is 0 Å². The molecule has 0 unspecified atom stereocenters. The Balaban J connectivity index is 2.70. The number of allylic oxidation sites excluding steroid dienone is 1. The Morgan fingerprint density at radius 3 is 2.20 bits per heavy atom. The maximum atomic E-state index is 6.01. The quantitative estimate of drug-likeness (QED) is 0.534. The molecule has 1 saturated carbocycles. The Bertz CT molecular complexity index is 220. The highest BCUT2D eigenvalue weighted by Crippen LogP contribution is 2.28. The molecule has 1 aliphatic rings. The molecule has 0 aromatic rings. The first-order valence-corrected chi connectivity index (χ1v) is 9.47. The average molecular weight is 228 g/mol. The van der Waals surface area contributed by atoms with Crippen LogP contribution in [0.1, 0.15) is 39.0 Å². The first kappa shape index (κ1) is 12.6. The summed E-state index contributed by atoms with van der Waals surface area (Å²) in [5.74, 6) is 0.858. The summed E-state index contributed by atoms with van der Waals surface area (Å²) in [6.07, 6.45) is 6.28. The fourth-order valence-corrected chi connectivity index (χ4v) is 2.56. The summed E-state index contributed by atoms with van der Waals surface area (Å²) in [6, 6.07) is 0. The first-order valence-electron chi connectivity index (χ1n) is 6.07. The highest BCUT2D eigenvalue weighted by Gasteiger charge is 2.22. The summed E-state index contributed by atoms with van der Waals surface area (Å²) in [4.78, 5) is 0. The third-order valence-corrected chi connectivity index (χ3v) is 3.22. The lowest BCUT2D eigenvalue weighted by molar-refractivity contribution is 0.104. The van der Waals surface area contributed by atoms with E-state index in [0.29, 0.717) is 6.61 Å². The van der Waals surface area contributed by atoms with E-state index in [1.165, 1.54) is 37.7 Å². The smallest absolute Gasteiger partial charge is 0.264 e. The lowest BCUT2D eigenvalue weighted by Gasteiger charge is -2.25. The van der Waals surface area contributed by atoms with Crippen LogP contribution in [0.25, 0.3) is 0 Å². The van der Waals surface area contributed by atoms with Crippen molar-refractivity contribution in [3.8, 4) is 0 Å². The molecule has 0 spiro atoms. The van der Waals surface area contributed by atoms with Crippen molar-refractivity contribution < 1.29 is 9.16 Å². The fraction of sp³-hybridized carbons (Fsp3) is 0.833. The molecule has 1 rings (SSSR count). The van der Waals surface area contributed by atoms with Gasteiger partial charge in [0.1, 0.15) is 0 Å². The number of hydrogen-bond donors (Lipinski definition) is 0. The molecule has 0 atom stereocenters. The van der Waals surface area contributed by atoms with Gasteiger partial charge in [0.2, 0.25) is 8.32 Å². The molecule has 88 valence electrons. The Morgan fingerprint density at radius 2 is 1.73 bits per heavy atom. The minimum absolute atomic E-state index is 0.712. The van der Waals surface area contributed by atoms with Gasteiger partial charge < -0.3 is 9.16 Å². The zero-order chi connectivity index (χ0) is 11.3. The van der Waals surface area contributed by atoms with E-state index in [4.69, 9.17) is 9.16 Å². The molecule has 0 heterocycles. The van der Waals surface area contributed by atoms with Crippen molar-refractivity contribution in [2.24, 2.45) is 0 Å². The van der Waals surface area contributed by atoms with Crippen LogP contribution in [-0.2, 0) is 9.16 Å². The molecule has 1 fully saturated rings. The van der Waals surface area contributed by atoms with Crippen molar-refractivity contribution in [3.63, 3.8) is 0 Å². The van der Waals surface area contributed by atoms with Crippen molar-refractivity contribution in [1.82, 2.24) is 0 Å². The Labute approximate surface area is 94.8 Å². The lowest BCUT2D eigenvalue weighted by atomic mass is 9.96. The van der Waals surface area contributed by atoms with Gasteiger partial charge in [0.25, 0.3) is 5.95 Å². The summed E-state index contributed by atoms with van der Waals surface area (Å²) in [5.41, 5.74) is 1.41. The molecule has 0 aromatic heterocycles. The van der Waals surface area contributed by atoms with Crippen molar-refractivity contribution in [2.75, 3.05) is 6.61 Å². The van der Waals surface area contributed by atoms with Crippen LogP contribution in [-0.4, -0.2) is 14.9 Å². The van der Waals surface area contributed by atoms with Crippen molar-refractivity contribution >= 4 is 8.32 Å². The maximum absolute atomic E-state index is 6.01. The van der Waals surface area contributed by atoms with E-state index in [1.807, 2.05) is 6.92 Å². The molecule has 0 saturated heterocycles. The Hall–Kier alpha value is -0.443. The van der Waals surface area contributed by atoms with E-state index in [2.05, 4.69) is 19.6 Å². The molecule has 0 radical (unpaired) electrons. The van der Waals surface area contributed by atoms with Crippen molar-refractivity contribution in [1.29, 1.82) is 0 Å². The largest absolute Gasteiger partial charge is 0.520 e. The van der Waals surface area contributed by atoms with Gasteiger partial charge in [-0.05, 0) is 52.2 Å². The van der Waals surface area contributed by atoms with Gasteiger partial charge in [-0.1, -0.05) is 6.42 Å². The summed E-state index contributed by atoms with van der Waals surface area (Å²) in [5, 5.41) is 0. The molecule has 1 aliphatic carbocycles. The van der Waals surface area contributed by atoms with Crippen LogP contribution in [0.15, 0.2) is 11.5 Å². The minimum Gasteiger partial charge on any atom is -0.520 e. The second kappa shape index (κ2) is 5.59. The van der Waals surface area contributed by atoms with E-state index >= 15 is 0 Å². The molecule has 3 heteroatoms. The van der Waals surface area contributed by atoms with Gasteiger partial charge >= 0.3 is 0 Å². The molecule has 2 nitrogen and oxygen atoms in total. The van der Waals surface area contributed by atoms with Gasteiger partial charge in [-0.3, -0.25) is 0 Å². The maximum Gasteiger partial charge on any atom is 0.264 e. The molecule has 15 heavy (non-hydrogen) atoms. The van der Waals surface area contributed by atoms with Crippen LogP contribution in [0.3, 0.4) is 0 Å². The molecule has 0 amide bonds. The van der Waals surface area contributed by atoms with Crippen molar-refractivity contribution in [3.05, 3.63) is 11.5 Å². The van der Waals surface area contributed by atoms with E-state index in [0.717, 1.165) is 5.95 Å². The standard InChI is InChI=1S/C12H24O2Si/c1-5-13-12(14-15(2,3)4)11-9-7-6-8-10-11/h5-10H2,1-4H3. The van der Waals surface area contributed by atoms with Gasteiger partial charge in [0.15, 0.2) is 0 Å².